The summed E-state index contributed by atoms with van der Waals surface area (Å²) in [5, 5.41) is 10.9. The minimum absolute atomic E-state index is 0.206. The van der Waals surface area contributed by atoms with E-state index in [0.717, 1.165) is 36.0 Å². The van der Waals surface area contributed by atoms with Gasteiger partial charge in [-0.3, -0.25) is 0 Å². The Morgan fingerprint density at radius 3 is 1.86 bits per heavy atom. The fourth-order valence-corrected chi connectivity index (χ4v) is 4.52. The fourth-order valence-electron chi connectivity index (χ4n) is 4.52. The highest BCUT2D eigenvalue weighted by molar-refractivity contribution is 5.87. The molecule has 0 unspecified atom stereocenters. The van der Waals surface area contributed by atoms with E-state index in [1.54, 1.807) is 0 Å². The summed E-state index contributed by atoms with van der Waals surface area (Å²) < 4.78 is 5.65. The molecule has 0 aliphatic heterocycles. The summed E-state index contributed by atoms with van der Waals surface area (Å²) >= 11 is 0. The number of allylic oxidation sites excluding steroid dienone is 1. The smallest absolute Gasteiger partial charge is 0.331 e. The Morgan fingerprint density at radius 1 is 0.811 bits per heavy atom. The zero-order chi connectivity index (χ0) is 27.9. The van der Waals surface area contributed by atoms with Crippen LogP contribution in [0.25, 0.3) is 6.08 Å². The Bertz CT molecular complexity index is 827. The Morgan fingerprint density at radius 2 is 1.32 bits per heavy atom. The van der Waals surface area contributed by atoms with Crippen molar-refractivity contribution in [1.29, 1.82) is 0 Å². The fraction of sp³-hybridized carbons (Fsp3) is 0.676. The van der Waals surface area contributed by atoms with Crippen LogP contribution in [0.2, 0.25) is 0 Å². The van der Waals surface area contributed by atoms with Crippen molar-refractivity contribution in [3.63, 3.8) is 0 Å². The molecule has 1 aromatic rings. The normalized spacial score (nSPS) is 12.9. The maximum Gasteiger partial charge on any atom is 0.331 e. The van der Waals surface area contributed by atoms with E-state index in [4.69, 9.17) is 4.74 Å². The predicted molar refractivity (Wildman–Crippen MR) is 160 cm³/mol. The Labute approximate surface area is 228 Å². The Kier molecular flexibility index (Phi) is 14.9. The average molecular weight is 513 g/mol. The van der Waals surface area contributed by atoms with Gasteiger partial charge in [0, 0.05) is 17.2 Å². The molecule has 0 bridgehead atoms. The lowest BCUT2D eigenvalue weighted by molar-refractivity contribution is -0.136. The number of phenolic OH excluding ortho intramolecular Hbond substituents is 1. The molecule has 210 valence electrons. The molecular weight excluding hydrogens is 456 g/mol. The number of hydrogen-bond donors (Lipinski definition) is 1. The zero-order valence-electron chi connectivity index (χ0n) is 25.3. The van der Waals surface area contributed by atoms with Crippen molar-refractivity contribution in [2.45, 2.75) is 143 Å². The van der Waals surface area contributed by atoms with Gasteiger partial charge in [-0.25, -0.2) is 4.79 Å². The van der Waals surface area contributed by atoms with E-state index < -0.39 is 0 Å². The van der Waals surface area contributed by atoms with Gasteiger partial charge in [-0.05, 0) is 65.9 Å². The molecule has 0 heterocycles. The van der Waals surface area contributed by atoms with Crippen LogP contribution < -0.4 is 0 Å². The van der Waals surface area contributed by atoms with E-state index in [0.29, 0.717) is 12.4 Å². The summed E-state index contributed by atoms with van der Waals surface area (Å²) in [5.74, 6) is 0.0301. The topological polar surface area (TPSA) is 46.5 Å². The highest BCUT2D eigenvalue weighted by Crippen LogP contribution is 2.40. The number of carbonyl (C=O) groups is 1. The van der Waals surface area contributed by atoms with Crippen LogP contribution in [-0.4, -0.2) is 17.7 Å². The molecular formula is C34H56O3. The second-order valence-corrected chi connectivity index (χ2v) is 12.6. The van der Waals surface area contributed by atoms with Crippen LogP contribution in [0.3, 0.4) is 0 Å². The molecule has 37 heavy (non-hydrogen) atoms. The average Bonchev–Trinajstić information content (AvgIpc) is 2.81. The summed E-state index contributed by atoms with van der Waals surface area (Å²) in [6.45, 7) is 17.4. The molecule has 0 spiro atoms. The highest BCUT2D eigenvalue weighted by Gasteiger charge is 2.26. The lowest BCUT2D eigenvalue weighted by Gasteiger charge is -2.27. The van der Waals surface area contributed by atoms with Gasteiger partial charge < -0.3 is 9.84 Å². The monoisotopic (exact) mass is 512 g/mol. The minimum Gasteiger partial charge on any atom is -0.507 e. The molecule has 0 amide bonds. The standard InChI is InChI=1S/C34H56O3/c1-9-11-13-14-15-16-17-19-21-27(20-18-12-10-2)26-37-31(35)23-22-28-24-29(33(3,4)5)32(36)30(25-28)34(6,7)8/h21-25,36H,9-20,26H2,1-8H3/b23-22+,27-21-. The number of ether oxygens (including phenoxy) is 1. The predicted octanol–water partition coefficient (Wildman–Crippen LogP) is 10.2. The molecule has 0 saturated carbocycles. The first kappa shape index (κ1) is 33.0. The molecule has 1 rings (SSSR count). The van der Waals surface area contributed by atoms with Gasteiger partial charge in [-0.2, -0.15) is 0 Å². The molecule has 3 heteroatoms. The van der Waals surface area contributed by atoms with Crippen molar-refractivity contribution in [2.75, 3.05) is 6.61 Å². The lowest BCUT2D eigenvalue weighted by atomic mass is 9.78. The van der Waals surface area contributed by atoms with Gasteiger partial charge in [0.05, 0.1) is 0 Å². The van der Waals surface area contributed by atoms with Gasteiger partial charge >= 0.3 is 5.97 Å². The van der Waals surface area contributed by atoms with Crippen LogP contribution in [0.15, 0.2) is 29.9 Å². The summed E-state index contributed by atoms with van der Waals surface area (Å²) in [7, 11) is 0. The minimum atomic E-state index is -0.319. The first-order valence-electron chi connectivity index (χ1n) is 14.8. The number of carbonyl (C=O) groups excluding carboxylic acids is 1. The van der Waals surface area contributed by atoms with Gasteiger partial charge in [0.15, 0.2) is 0 Å². The highest BCUT2D eigenvalue weighted by atomic mass is 16.5. The maximum atomic E-state index is 12.6. The van der Waals surface area contributed by atoms with E-state index in [1.165, 1.54) is 69.4 Å². The van der Waals surface area contributed by atoms with E-state index in [-0.39, 0.29) is 16.8 Å². The van der Waals surface area contributed by atoms with Crippen LogP contribution in [0.4, 0.5) is 0 Å². The lowest BCUT2D eigenvalue weighted by Crippen LogP contribution is -2.17. The summed E-state index contributed by atoms with van der Waals surface area (Å²) in [6, 6.07) is 3.96. The van der Waals surface area contributed by atoms with E-state index in [2.05, 4.69) is 61.5 Å². The molecule has 0 saturated heterocycles. The number of unbranched alkanes of at least 4 members (excludes halogenated alkanes) is 9. The maximum absolute atomic E-state index is 12.6. The van der Waals surface area contributed by atoms with E-state index >= 15 is 0 Å². The molecule has 0 aromatic heterocycles. The van der Waals surface area contributed by atoms with Gasteiger partial charge in [0.25, 0.3) is 0 Å². The van der Waals surface area contributed by atoms with Crippen molar-refractivity contribution in [1.82, 2.24) is 0 Å². The number of esters is 1. The zero-order valence-corrected chi connectivity index (χ0v) is 25.3. The van der Waals surface area contributed by atoms with Crippen LogP contribution in [0.5, 0.6) is 5.75 Å². The number of benzene rings is 1. The first-order valence-corrected chi connectivity index (χ1v) is 14.8. The van der Waals surface area contributed by atoms with E-state index in [1.807, 2.05) is 18.2 Å². The van der Waals surface area contributed by atoms with Crippen molar-refractivity contribution in [3.8, 4) is 5.75 Å². The van der Waals surface area contributed by atoms with Crippen molar-refractivity contribution < 1.29 is 14.6 Å². The molecule has 0 radical (unpaired) electrons. The Balaban J connectivity index is 2.80. The van der Waals surface area contributed by atoms with Crippen LogP contribution in [0, 0.1) is 0 Å². The molecule has 0 atom stereocenters. The SMILES string of the molecule is CCCCCCCCC/C=C(/CCCCC)COC(=O)/C=C/c1cc(C(C)(C)C)c(O)c(C(C)(C)C)c1. The van der Waals surface area contributed by atoms with Crippen LogP contribution in [-0.2, 0) is 20.4 Å². The van der Waals surface area contributed by atoms with Gasteiger partial charge in [0.2, 0.25) is 0 Å². The van der Waals surface area contributed by atoms with Crippen molar-refractivity contribution >= 4 is 12.0 Å². The number of aromatic hydroxyl groups is 1. The molecule has 0 aliphatic carbocycles. The van der Waals surface area contributed by atoms with Gasteiger partial charge in [-0.15, -0.1) is 0 Å². The number of rotatable bonds is 16. The van der Waals surface area contributed by atoms with Crippen LogP contribution >= 0.6 is 0 Å². The van der Waals surface area contributed by atoms with E-state index in [9.17, 15) is 9.90 Å². The third-order valence-corrected chi connectivity index (χ3v) is 6.90. The largest absolute Gasteiger partial charge is 0.507 e. The molecule has 1 N–H and O–H groups in total. The number of hydrogen-bond acceptors (Lipinski definition) is 3. The molecule has 3 nitrogen and oxygen atoms in total. The van der Waals surface area contributed by atoms with Crippen LogP contribution in [0.1, 0.15) is 149 Å². The quantitative estimate of drug-likeness (QED) is 0.104. The first-order chi connectivity index (χ1) is 17.4. The van der Waals surface area contributed by atoms with Gasteiger partial charge in [0.1, 0.15) is 12.4 Å². The third-order valence-electron chi connectivity index (χ3n) is 6.90. The summed E-state index contributed by atoms with van der Waals surface area (Å²) in [6.07, 6.45) is 20.4. The summed E-state index contributed by atoms with van der Waals surface area (Å²) in [5.41, 5.74) is 3.52. The molecule has 1 aromatic carbocycles. The van der Waals surface area contributed by atoms with Crippen molar-refractivity contribution in [2.24, 2.45) is 0 Å². The Hall–Kier alpha value is -2.03. The molecule has 0 fully saturated rings. The summed E-state index contributed by atoms with van der Waals surface area (Å²) in [4.78, 5) is 12.6. The van der Waals surface area contributed by atoms with Crippen molar-refractivity contribution in [3.05, 3.63) is 46.5 Å². The third kappa shape index (κ3) is 13.4. The molecule has 0 aliphatic rings. The number of phenols is 1. The second kappa shape index (κ2) is 16.7. The van der Waals surface area contributed by atoms with Gasteiger partial charge in [-0.1, -0.05) is 113 Å². The second-order valence-electron chi connectivity index (χ2n) is 12.6.